The number of hydrogen-bond donors (Lipinski definition) is 2. The van der Waals surface area contributed by atoms with E-state index in [1.54, 1.807) is 7.11 Å². The summed E-state index contributed by atoms with van der Waals surface area (Å²) in [4.78, 5) is 2.09. The molecule has 0 aromatic heterocycles. The van der Waals surface area contributed by atoms with E-state index >= 15 is 0 Å². The molecule has 0 aliphatic carbocycles. The van der Waals surface area contributed by atoms with E-state index in [1.807, 2.05) is 14.0 Å². The van der Waals surface area contributed by atoms with Gasteiger partial charge in [0.2, 0.25) is 0 Å². The van der Waals surface area contributed by atoms with Crippen molar-refractivity contribution in [2.45, 2.75) is 19.9 Å². The maximum absolute atomic E-state index is 5.87. The van der Waals surface area contributed by atoms with Crippen LogP contribution in [0.4, 0.5) is 5.69 Å². The first-order valence-corrected chi connectivity index (χ1v) is 5.81. The van der Waals surface area contributed by atoms with E-state index in [4.69, 9.17) is 16.2 Å². The highest BCUT2D eigenvalue weighted by Crippen LogP contribution is 2.32. The fourth-order valence-electron chi connectivity index (χ4n) is 2.01. The Balaban J connectivity index is 3.02. The number of methoxy groups -OCH3 is 1. The maximum Gasteiger partial charge on any atom is 0.145 e. The maximum atomic E-state index is 5.87. The molecule has 4 nitrogen and oxygen atoms in total. The standard InChI is InChI=1S/C13H23N3O/c1-9-5-10(2)13(17-4)12(6-9)16(3)8-11(15)7-14/h5-6,11H,7-8,14-15H2,1-4H3. The van der Waals surface area contributed by atoms with E-state index in [0.29, 0.717) is 6.54 Å². The molecule has 1 rings (SSSR count). The topological polar surface area (TPSA) is 64.5 Å². The molecule has 1 aromatic carbocycles. The summed E-state index contributed by atoms with van der Waals surface area (Å²) in [5, 5.41) is 0. The highest BCUT2D eigenvalue weighted by Gasteiger charge is 2.13. The lowest BCUT2D eigenvalue weighted by Gasteiger charge is -2.25. The average molecular weight is 237 g/mol. The van der Waals surface area contributed by atoms with Gasteiger partial charge < -0.3 is 21.1 Å². The Bertz CT molecular complexity index is 379. The third kappa shape index (κ3) is 3.35. The van der Waals surface area contributed by atoms with Gasteiger partial charge in [0.1, 0.15) is 5.75 Å². The van der Waals surface area contributed by atoms with Crippen LogP contribution in [0.5, 0.6) is 5.75 Å². The molecule has 0 saturated carbocycles. The van der Waals surface area contributed by atoms with Crippen LogP contribution in [0, 0.1) is 13.8 Å². The minimum Gasteiger partial charge on any atom is -0.494 e. The van der Waals surface area contributed by atoms with Gasteiger partial charge in [-0.15, -0.1) is 0 Å². The minimum atomic E-state index is -0.0227. The van der Waals surface area contributed by atoms with E-state index in [1.165, 1.54) is 5.56 Å². The predicted molar refractivity (Wildman–Crippen MR) is 72.8 cm³/mol. The van der Waals surface area contributed by atoms with Gasteiger partial charge in [0, 0.05) is 26.2 Å². The second-order valence-electron chi connectivity index (χ2n) is 4.51. The lowest BCUT2D eigenvalue weighted by atomic mass is 10.1. The number of hydrogen-bond acceptors (Lipinski definition) is 4. The monoisotopic (exact) mass is 237 g/mol. The molecule has 0 bridgehead atoms. The van der Waals surface area contributed by atoms with E-state index in [9.17, 15) is 0 Å². The summed E-state index contributed by atoms with van der Waals surface area (Å²) in [5.74, 6) is 0.905. The molecule has 4 N–H and O–H groups in total. The Kier molecular flexibility index (Phi) is 4.78. The Hall–Kier alpha value is -1.26. The van der Waals surface area contributed by atoms with Crippen LogP contribution in [0.25, 0.3) is 0 Å². The van der Waals surface area contributed by atoms with Gasteiger partial charge in [-0.1, -0.05) is 6.07 Å². The Morgan fingerprint density at radius 1 is 1.35 bits per heavy atom. The number of ether oxygens (including phenoxy) is 1. The van der Waals surface area contributed by atoms with Crippen LogP contribution in [0.3, 0.4) is 0 Å². The molecule has 0 saturated heterocycles. The molecule has 0 aliphatic rings. The molecule has 1 unspecified atom stereocenters. The molecule has 0 amide bonds. The second kappa shape index (κ2) is 5.89. The van der Waals surface area contributed by atoms with Crippen LogP contribution < -0.4 is 21.1 Å². The molecular weight excluding hydrogens is 214 g/mol. The summed E-state index contributed by atoms with van der Waals surface area (Å²) in [7, 11) is 3.70. The summed E-state index contributed by atoms with van der Waals surface area (Å²) in [5.41, 5.74) is 14.8. The molecule has 0 radical (unpaired) electrons. The van der Waals surface area contributed by atoms with Crippen molar-refractivity contribution < 1.29 is 4.74 Å². The number of anilines is 1. The number of aryl methyl sites for hydroxylation is 2. The van der Waals surface area contributed by atoms with Crippen LogP contribution in [-0.2, 0) is 0 Å². The zero-order valence-corrected chi connectivity index (χ0v) is 11.2. The fraction of sp³-hybridized carbons (Fsp3) is 0.538. The third-order valence-electron chi connectivity index (χ3n) is 2.83. The largest absolute Gasteiger partial charge is 0.494 e. The first kappa shape index (κ1) is 13.8. The number of nitrogens with zero attached hydrogens (tertiary/aromatic N) is 1. The van der Waals surface area contributed by atoms with Crippen molar-refractivity contribution >= 4 is 5.69 Å². The van der Waals surface area contributed by atoms with Gasteiger partial charge in [0.05, 0.1) is 12.8 Å². The van der Waals surface area contributed by atoms with E-state index in [0.717, 1.165) is 23.5 Å². The van der Waals surface area contributed by atoms with Gasteiger partial charge in [-0.3, -0.25) is 0 Å². The molecule has 0 heterocycles. The van der Waals surface area contributed by atoms with Crippen LogP contribution in [0.15, 0.2) is 12.1 Å². The zero-order valence-electron chi connectivity index (χ0n) is 11.2. The molecule has 0 spiro atoms. The Morgan fingerprint density at radius 2 is 2.00 bits per heavy atom. The molecule has 4 heteroatoms. The van der Waals surface area contributed by atoms with Crippen LogP contribution in [-0.4, -0.2) is 33.3 Å². The summed E-state index contributed by atoms with van der Waals surface area (Å²) in [6, 6.07) is 4.19. The molecule has 17 heavy (non-hydrogen) atoms. The molecule has 0 aliphatic heterocycles. The third-order valence-corrected chi connectivity index (χ3v) is 2.83. The lowest BCUT2D eigenvalue weighted by molar-refractivity contribution is 0.411. The van der Waals surface area contributed by atoms with Gasteiger partial charge in [-0.05, 0) is 31.0 Å². The smallest absolute Gasteiger partial charge is 0.145 e. The van der Waals surface area contributed by atoms with Crippen molar-refractivity contribution in [1.29, 1.82) is 0 Å². The van der Waals surface area contributed by atoms with Crippen molar-refractivity contribution in [1.82, 2.24) is 0 Å². The number of benzene rings is 1. The molecular formula is C13H23N3O. The van der Waals surface area contributed by atoms with E-state index < -0.39 is 0 Å². The quantitative estimate of drug-likeness (QED) is 0.803. The van der Waals surface area contributed by atoms with Crippen molar-refractivity contribution in [2.75, 3.05) is 32.1 Å². The molecule has 0 fully saturated rings. The van der Waals surface area contributed by atoms with E-state index in [2.05, 4.69) is 24.0 Å². The highest BCUT2D eigenvalue weighted by atomic mass is 16.5. The minimum absolute atomic E-state index is 0.0227. The van der Waals surface area contributed by atoms with Crippen molar-refractivity contribution in [3.8, 4) is 5.75 Å². The molecule has 1 atom stereocenters. The van der Waals surface area contributed by atoms with Crippen molar-refractivity contribution in [3.63, 3.8) is 0 Å². The number of nitrogens with two attached hydrogens (primary N) is 2. The highest BCUT2D eigenvalue weighted by molar-refractivity contribution is 5.63. The number of rotatable bonds is 5. The fourth-order valence-corrected chi connectivity index (χ4v) is 2.01. The van der Waals surface area contributed by atoms with Gasteiger partial charge >= 0.3 is 0 Å². The molecule has 96 valence electrons. The first-order chi connectivity index (χ1) is 7.99. The first-order valence-electron chi connectivity index (χ1n) is 5.81. The Labute approximate surface area is 104 Å². The van der Waals surface area contributed by atoms with Crippen molar-refractivity contribution in [2.24, 2.45) is 11.5 Å². The normalized spacial score (nSPS) is 12.4. The second-order valence-corrected chi connectivity index (χ2v) is 4.51. The van der Waals surface area contributed by atoms with Gasteiger partial charge in [0.25, 0.3) is 0 Å². The van der Waals surface area contributed by atoms with Crippen molar-refractivity contribution in [3.05, 3.63) is 23.3 Å². The molecule has 1 aromatic rings. The summed E-state index contributed by atoms with van der Waals surface area (Å²) < 4.78 is 5.45. The van der Waals surface area contributed by atoms with Gasteiger partial charge in [-0.2, -0.15) is 0 Å². The summed E-state index contributed by atoms with van der Waals surface area (Å²) in [6.45, 7) is 5.33. The SMILES string of the molecule is COc1c(C)cc(C)cc1N(C)CC(N)CN. The van der Waals surface area contributed by atoms with Gasteiger partial charge in [0.15, 0.2) is 0 Å². The zero-order chi connectivity index (χ0) is 13.0. The lowest BCUT2D eigenvalue weighted by Crippen LogP contribution is -2.40. The predicted octanol–water partition coefficient (Wildman–Crippen LogP) is 1.03. The summed E-state index contributed by atoms with van der Waals surface area (Å²) >= 11 is 0. The summed E-state index contributed by atoms with van der Waals surface area (Å²) in [6.07, 6.45) is 0. The Morgan fingerprint density at radius 3 is 2.53 bits per heavy atom. The van der Waals surface area contributed by atoms with Gasteiger partial charge in [-0.25, -0.2) is 0 Å². The van der Waals surface area contributed by atoms with E-state index in [-0.39, 0.29) is 6.04 Å². The number of likely N-dealkylation sites (N-methyl/N-ethyl adjacent to an activating group) is 1. The van der Waals surface area contributed by atoms with Crippen LogP contribution in [0.1, 0.15) is 11.1 Å². The average Bonchev–Trinajstić information content (AvgIpc) is 2.27. The van der Waals surface area contributed by atoms with Crippen LogP contribution in [0.2, 0.25) is 0 Å². The van der Waals surface area contributed by atoms with Crippen LogP contribution >= 0.6 is 0 Å².